The number of carbonyl (C=O) groups excluding carboxylic acids is 1. The van der Waals surface area contributed by atoms with Crippen LogP contribution in [-0.2, 0) is 19.6 Å². The molecule has 0 aromatic rings. The molecule has 0 saturated heterocycles. The quantitative estimate of drug-likeness (QED) is 0.468. The van der Waals surface area contributed by atoms with Gasteiger partial charge in [-0.2, -0.15) is 4.31 Å². The smallest absolute Gasteiger partial charge is 0.321 e. The van der Waals surface area contributed by atoms with E-state index in [9.17, 15) is 13.2 Å². The standard InChI is InChI=1S/C8H15NO4S/c1-4-6-14(11,12)9(3)7-8(10)13-5-2/h4H,1,5-7H2,2-3H3. The summed E-state index contributed by atoms with van der Waals surface area (Å²) in [4.78, 5) is 11.0. The van der Waals surface area contributed by atoms with E-state index in [1.54, 1.807) is 6.92 Å². The summed E-state index contributed by atoms with van der Waals surface area (Å²) in [5.41, 5.74) is 0. The Morgan fingerprint density at radius 1 is 1.57 bits per heavy atom. The van der Waals surface area contributed by atoms with E-state index in [1.165, 1.54) is 13.1 Å². The third kappa shape index (κ3) is 4.38. The van der Waals surface area contributed by atoms with Crippen LogP contribution in [0.25, 0.3) is 0 Å². The van der Waals surface area contributed by atoms with Gasteiger partial charge in [0.15, 0.2) is 0 Å². The highest BCUT2D eigenvalue weighted by Gasteiger charge is 2.19. The number of esters is 1. The number of rotatable bonds is 6. The molecule has 0 rings (SSSR count). The summed E-state index contributed by atoms with van der Waals surface area (Å²) in [7, 11) is -2.08. The molecule has 0 bridgehead atoms. The predicted octanol–water partition coefficient (Wildman–Crippen LogP) is -0.00290. The fourth-order valence-corrected chi connectivity index (χ4v) is 1.62. The summed E-state index contributed by atoms with van der Waals surface area (Å²) in [6.45, 7) is 4.97. The topological polar surface area (TPSA) is 63.7 Å². The zero-order valence-electron chi connectivity index (χ0n) is 8.39. The molecule has 0 atom stereocenters. The highest BCUT2D eigenvalue weighted by atomic mass is 32.2. The second-order valence-corrected chi connectivity index (χ2v) is 4.75. The van der Waals surface area contributed by atoms with Gasteiger partial charge in [-0.05, 0) is 6.92 Å². The fourth-order valence-electron chi connectivity index (χ4n) is 0.763. The van der Waals surface area contributed by atoms with E-state index in [0.717, 1.165) is 4.31 Å². The maximum atomic E-state index is 11.3. The zero-order chi connectivity index (χ0) is 11.2. The lowest BCUT2D eigenvalue weighted by molar-refractivity contribution is -0.143. The Balaban J connectivity index is 4.26. The molecule has 0 aliphatic rings. The minimum atomic E-state index is -3.41. The molecule has 0 radical (unpaired) electrons. The van der Waals surface area contributed by atoms with Crippen LogP contribution in [0, 0.1) is 0 Å². The van der Waals surface area contributed by atoms with Gasteiger partial charge in [0, 0.05) is 7.05 Å². The van der Waals surface area contributed by atoms with Crippen molar-refractivity contribution in [1.29, 1.82) is 0 Å². The van der Waals surface area contributed by atoms with Crippen LogP contribution in [0.5, 0.6) is 0 Å². The first-order chi connectivity index (χ1) is 6.44. The Bertz CT molecular complexity index is 296. The maximum Gasteiger partial charge on any atom is 0.321 e. The Hall–Kier alpha value is -0.880. The molecular weight excluding hydrogens is 206 g/mol. The normalized spacial score (nSPS) is 11.4. The molecule has 0 saturated carbocycles. The van der Waals surface area contributed by atoms with Gasteiger partial charge < -0.3 is 4.74 Å². The van der Waals surface area contributed by atoms with Crippen LogP contribution in [-0.4, -0.2) is 44.6 Å². The van der Waals surface area contributed by atoms with E-state index in [4.69, 9.17) is 0 Å². The Morgan fingerprint density at radius 3 is 2.57 bits per heavy atom. The summed E-state index contributed by atoms with van der Waals surface area (Å²) >= 11 is 0. The molecule has 0 amide bonds. The average Bonchev–Trinajstić information content (AvgIpc) is 2.04. The first-order valence-corrected chi connectivity index (χ1v) is 5.75. The summed E-state index contributed by atoms with van der Waals surface area (Å²) in [5.74, 6) is -0.731. The van der Waals surface area contributed by atoms with Crippen molar-refractivity contribution in [2.75, 3.05) is 26.0 Å². The molecule has 6 heteroatoms. The Labute approximate surface area is 84.4 Å². The van der Waals surface area contributed by atoms with E-state index < -0.39 is 16.0 Å². The second-order valence-electron chi connectivity index (χ2n) is 2.63. The number of hydrogen-bond donors (Lipinski definition) is 0. The predicted molar refractivity (Wildman–Crippen MR) is 53.2 cm³/mol. The van der Waals surface area contributed by atoms with Gasteiger partial charge in [-0.1, -0.05) is 6.08 Å². The molecule has 0 fully saturated rings. The molecule has 0 spiro atoms. The minimum Gasteiger partial charge on any atom is -0.465 e. The van der Waals surface area contributed by atoms with Crippen LogP contribution in [0.4, 0.5) is 0 Å². The fraction of sp³-hybridized carbons (Fsp3) is 0.625. The third-order valence-corrected chi connectivity index (χ3v) is 3.20. The summed E-state index contributed by atoms with van der Waals surface area (Å²) in [5, 5.41) is 0. The van der Waals surface area contributed by atoms with Gasteiger partial charge in [-0.25, -0.2) is 8.42 Å². The molecule has 0 aromatic heterocycles. The lowest BCUT2D eigenvalue weighted by atomic mass is 10.6. The molecule has 0 aliphatic heterocycles. The third-order valence-electron chi connectivity index (χ3n) is 1.46. The van der Waals surface area contributed by atoms with E-state index in [-0.39, 0.29) is 18.9 Å². The number of likely N-dealkylation sites (N-methyl/N-ethyl adjacent to an activating group) is 1. The number of ether oxygens (including phenoxy) is 1. The molecule has 5 nitrogen and oxygen atoms in total. The van der Waals surface area contributed by atoms with Crippen LogP contribution in [0.3, 0.4) is 0 Å². The molecular formula is C8H15NO4S. The van der Waals surface area contributed by atoms with Crippen LogP contribution in [0.15, 0.2) is 12.7 Å². The lowest BCUT2D eigenvalue weighted by Crippen LogP contribution is -2.34. The van der Waals surface area contributed by atoms with Crippen molar-refractivity contribution in [2.45, 2.75) is 6.92 Å². The minimum absolute atomic E-state index is 0.178. The van der Waals surface area contributed by atoms with Crippen molar-refractivity contribution in [3.8, 4) is 0 Å². The molecule has 14 heavy (non-hydrogen) atoms. The van der Waals surface area contributed by atoms with Gasteiger partial charge in [0.25, 0.3) is 0 Å². The molecule has 0 unspecified atom stereocenters. The Morgan fingerprint density at radius 2 is 2.14 bits per heavy atom. The van der Waals surface area contributed by atoms with Gasteiger partial charge in [0.1, 0.15) is 6.54 Å². The number of sulfonamides is 1. The maximum absolute atomic E-state index is 11.3. The van der Waals surface area contributed by atoms with E-state index in [2.05, 4.69) is 11.3 Å². The summed E-state index contributed by atoms with van der Waals surface area (Å²) in [6.07, 6.45) is 1.27. The highest BCUT2D eigenvalue weighted by molar-refractivity contribution is 7.89. The van der Waals surface area contributed by atoms with Crippen LogP contribution < -0.4 is 0 Å². The molecule has 0 aliphatic carbocycles. The van der Waals surface area contributed by atoms with Gasteiger partial charge in [0.05, 0.1) is 12.4 Å². The van der Waals surface area contributed by atoms with Gasteiger partial charge in [-0.15, -0.1) is 6.58 Å². The largest absolute Gasteiger partial charge is 0.465 e. The van der Waals surface area contributed by atoms with Crippen LogP contribution in [0.2, 0.25) is 0 Å². The average molecular weight is 221 g/mol. The molecule has 82 valence electrons. The number of nitrogens with zero attached hydrogens (tertiary/aromatic N) is 1. The van der Waals surface area contributed by atoms with Crippen LogP contribution >= 0.6 is 0 Å². The number of carbonyl (C=O) groups is 1. The zero-order valence-corrected chi connectivity index (χ0v) is 9.21. The van der Waals surface area contributed by atoms with Crippen molar-refractivity contribution >= 4 is 16.0 Å². The van der Waals surface area contributed by atoms with Gasteiger partial charge in [-0.3, -0.25) is 4.79 Å². The van der Waals surface area contributed by atoms with E-state index >= 15 is 0 Å². The second kappa shape index (κ2) is 5.77. The van der Waals surface area contributed by atoms with Gasteiger partial charge in [0.2, 0.25) is 10.0 Å². The summed E-state index contributed by atoms with van der Waals surface area (Å²) < 4.78 is 28.2. The van der Waals surface area contributed by atoms with Crippen molar-refractivity contribution in [3.63, 3.8) is 0 Å². The van der Waals surface area contributed by atoms with Crippen molar-refractivity contribution in [2.24, 2.45) is 0 Å². The first-order valence-electron chi connectivity index (χ1n) is 4.14. The van der Waals surface area contributed by atoms with Gasteiger partial charge >= 0.3 is 5.97 Å². The Kier molecular flexibility index (Phi) is 5.40. The van der Waals surface area contributed by atoms with Crippen LogP contribution in [0.1, 0.15) is 6.92 Å². The first kappa shape index (κ1) is 13.1. The molecule has 0 aromatic carbocycles. The summed E-state index contributed by atoms with van der Waals surface area (Å²) in [6, 6.07) is 0. The lowest BCUT2D eigenvalue weighted by Gasteiger charge is -2.14. The highest BCUT2D eigenvalue weighted by Crippen LogP contribution is 1.98. The van der Waals surface area contributed by atoms with Crippen molar-refractivity contribution in [1.82, 2.24) is 4.31 Å². The monoisotopic (exact) mass is 221 g/mol. The van der Waals surface area contributed by atoms with Crippen molar-refractivity contribution < 1.29 is 17.9 Å². The molecule has 0 heterocycles. The van der Waals surface area contributed by atoms with E-state index in [0.29, 0.717) is 0 Å². The van der Waals surface area contributed by atoms with Crippen molar-refractivity contribution in [3.05, 3.63) is 12.7 Å². The van der Waals surface area contributed by atoms with E-state index in [1.807, 2.05) is 0 Å². The molecule has 0 N–H and O–H groups in total. The number of hydrogen-bond acceptors (Lipinski definition) is 4. The SMILES string of the molecule is C=CCS(=O)(=O)N(C)CC(=O)OCC.